The fourth-order valence-electron chi connectivity index (χ4n) is 3.36. The molecule has 6 heterocycles. The second kappa shape index (κ2) is 25.1. The number of carbonyl (C=O) groups is 4. The third-order valence-electron chi connectivity index (χ3n) is 6.27. The Balaban J connectivity index is 0.000000314. The Kier molecular flexibility index (Phi) is 23.6. The average molecular weight is 1100 g/mol. The number of carbonyl (C=O) groups excluding carboxylic acids is 3. The van der Waals surface area contributed by atoms with Crippen LogP contribution in [-0.2, 0) is 0 Å². The Morgan fingerprint density at radius 2 is 1.00 bits per heavy atom. The van der Waals surface area contributed by atoms with Crippen molar-refractivity contribution in [3.05, 3.63) is 126 Å². The lowest BCUT2D eigenvalue weighted by Crippen LogP contribution is -1.93. The number of rotatable bonds is 4. The van der Waals surface area contributed by atoms with Crippen molar-refractivity contribution < 1.29 is 24.3 Å². The maximum atomic E-state index is 10.9. The van der Waals surface area contributed by atoms with Gasteiger partial charge in [-0.15, -0.1) is 56.7 Å². The fraction of sp³-hybridized carbons (Fsp3) is 0.222. The highest BCUT2D eigenvalue weighted by molar-refractivity contribution is 9.11. The molecule has 0 radical (unpaired) electrons. The van der Waals surface area contributed by atoms with E-state index in [2.05, 4.69) is 106 Å². The number of hydrogen-bond acceptors (Lipinski definition) is 10. The zero-order valence-electron chi connectivity index (χ0n) is 29.2. The summed E-state index contributed by atoms with van der Waals surface area (Å²) in [6, 6.07) is 6.15. The molecule has 52 heavy (non-hydrogen) atoms. The summed E-state index contributed by atoms with van der Waals surface area (Å²) in [7, 11) is 0. The van der Waals surface area contributed by atoms with Crippen LogP contribution in [0.4, 0.5) is 0 Å². The highest BCUT2D eigenvalue weighted by atomic mass is 79.9. The monoisotopic (exact) mass is 1090 g/mol. The molecule has 16 heteroatoms. The normalized spacial score (nSPS) is 9.63. The predicted molar refractivity (Wildman–Crippen MR) is 242 cm³/mol. The van der Waals surface area contributed by atoms with Gasteiger partial charge in [0.1, 0.15) is 4.88 Å². The molecule has 0 aliphatic heterocycles. The molecular weight excluding hydrogens is 1060 g/mol. The Bertz CT molecular complexity index is 1890. The van der Waals surface area contributed by atoms with E-state index in [0.29, 0.717) is 9.75 Å². The van der Waals surface area contributed by atoms with Gasteiger partial charge in [0.15, 0.2) is 11.6 Å². The zero-order chi connectivity index (χ0) is 39.7. The molecule has 6 aromatic heterocycles. The van der Waals surface area contributed by atoms with Crippen LogP contribution in [0.3, 0.4) is 0 Å². The predicted octanol–water partition coefficient (Wildman–Crippen LogP) is 15.9. The van der Waals surface area contributed by atoms with Gasteiger partial charge >= 0.3 is 5.97 Å². The molecular formula is C36H35Br4ClO5S6. The van der Waals surface area contributed by atoms with E-state index >= 15 is 0 Å². The standard InChI is InChI=1S/C7H7BrOS.C7H8OS.C6H4BrClOS.C6H5BrO2S.C5H5BrS.C5H6S/c1-4-6(8)3-10-7(4)5(2)9;1-5-3-4-9-7(5)6(2)8;2*1-3-4(7)2-10-5(3)6(8)9;1-4-2-3-7-5(4)6;1-5-2-3-6-4-5/h3H,1-2H3;3-4H,1-2H3;2H,1H3;2H,1H3,(H,8,9);2-3H,1H3;2-4H,1H3. The number of aryl methyl sites for hydroxylation is 3. The highest BCUT2D eigenvalue weighted by Crippen LogP contribution is 2.28. The van der Waals surface area contributed by atoms with E-state index in [4.69, 9.17) is 16.7 Å². The van der Waals surface area contributed by atoms with Crippen LogP contribution in [0.2, 0.25) is 0 Å². The minimum absolute atomic E-state index is 0.146. The van der Waals surface area contributed by atoms with Crippen molar-refractivity contribution in [2.24, 2.45) is 0 Å². The van der Waals surface area contributed by atoms with E-state index in [9.17, 15) is 19.2 Å². The summed E-state index contributed by atoms with van der Waals surface area (Å²) in [5, 5.41) is 22.0. The number of hydrogen-bond donors (Lipinski definition) is 1. The molecule has 6 rings (SSSR count). The topological polar surface area (TPSA) is 88.5 Å². The van der Waals surface area contributed by atoms with Gasteiger partial charge in [-0.3, -0.25) is 14.4 Å². The van der Waals surface area contributed by atoms with Crippen molar-refractivity contribution in [1.29, 1.82) is 0 Å². The van der Waals surface area contributed by atoms with Crippen LogP contribution in [-0.4, -0.2) is 27.9 Å². The summed E-state index contributed by atoms with van der Waals surface area (Å²) < 4.78 is 4.09. The Morgan fingerprint density at radius 3 is 1.15 bits per heavy atom. The van der Waals surface area contributed by atoms with Gasteiger partial charge in [0.25, 0.3) is 5.24 Å². The fourth-order valence-corrected chi connectivity index (χ4v) is 10.5. The zero-order valence-corrected chi connectivity index (χ0v) is 41.2. The Hall–Kier alpha value is -1.11. The first-order valence-corrected chi connectivity index (χ1v) is 23.6. The second-order valence-corrected chi connectivity index (χ2v) is 19.9. The van der Waals surface area contributed by atoms with Crippen molar-refractivity contribution in [2.45, 2.75) is 55.4 Å². The summed E-state index contributed by atoms with van der Waals surface area (Å²) >= 11 is 27.6. The van der Waals surface area contributed by atoms with Crippen LogP contribution in [0.15, 0.2) is 73.1 Å². The second-order valence-electron chi connectivity index (χ2n) is 10.4. The first kappa shape index (κ1) is 48.9. The number of Topliss-reactive ketones (excluding diaryl/α,β-unsaturated/α-hetero) is 2. The number of ketones is 2. The number of aromatic carboxylic acids is 1. The van der Waals surface area contributed by atoms with Gasteiger partial charge in [0.05, 0.1) is 18.4 Å². The van der Waals surface area contributed by atoms with Crippen molar-refractivity contribution in [3.63, 3.8) is 0 Å². The largest absolute Gasteiger partial charge is 0.477 e. The third-order valence-corrected chi connectivity index (χ3v) is 17.2. The number of carboxylic acids is 1. The Morgan fingerprint density at radius 1 is 0.558 bits per heavy atom. The van der Waals surface area contributed by atoms with Gasteiger partial charge in [-0.2, -0.15) is 11.3 Å². The van der Waals surface area contributed by atoms with E-state index < -0.39 is 5.97 Å². The highest BCUT2D eigenvalue weighted by Gasteiger charge is 2.11. The molecule has 0 saturated carbocycles. The number of halogens is 5. The molecule has 0 aliphatic rings. The number of carboxylic acid groups (broad SMARTS) is 1. The molecule has 0 unspecified atom stereocenters. The molecule has 0 spiro atoms. The van der Waals surface area contributed by atoms with Gasteiger partial charge in [0, 0.05) is 29.6 Å². The lowest BCUT2D eigenvalue weighted by atomic mass is 10.2. The van der Waals surface area contributed by atoms with Crippen molar-refractivity contribution >= 4 is 166 Å². The summed E-state index contributed by atoms with van der Waals surface area (Å²) in [5.41, 5.74) is 6.55. The van der Waals surface area contributed by atoms with Crippen LogP contribution in [0.1, 0.15) is 85.9 Å². The number of thiophene rings is 6. The first-order valence-electron chi connectivity index (χ1n) is 14.7. The van der Waals surface area contributed by atoms with Gasteiger partial charge in [-0.05, 0) is 204 Å². The molecule has 0 atom stereocenters. The van der Waals surface area contributed by atoms with Crippen LogP contribution < -0.4 is 0 Å². The molecule has 0 fully saturated rings. The minimum Gasteiger partial charge on any atom is -0.477 e. The third kappa shape index (κ3) is 17.1. The van der Waals surface area contributed by atoms with Crippen LogP contribution in [0.5, 0.6) is 0 Å². The SMILES string of the molecule is CC(=O)c1scc(Br)c1C.CC(=O)c1sccc1C.Cc1c(Br)csc1C(=O)Cl.Cc1c(Br)csc1C(=O)O.Cc1ccsc1.Cc1ccsc1Br. The summed E-state index contributed by atoms with van der Waals surface area (Å²) in [6.45, 7) is 14.9. The molecule has 0 bridgehead atoms. The maximum absolute atomic E-state index is 10.9. The van der Waals surface area contributed by atoms with Crippen molar-refractivity contribution in [3.8, 4) is 0 Å². The quantitative estimate of drug-likeness (QED) is 0.140. The molecule has 1 N–H and O–H groups in total. The lowest BCUT2D eigenvalue weighted by Gasteiger charge is -1.90. The molecule has 280 valence electrons. The molecule has 0 amide bonds. The van der Waals surface area contributed by atoms with E-state index in [1.165, 1.54) is 60.3 Å². The van der Waals surface area contributed by atoms with Gasteiger partial charge < -0.3 is 5.11 Å². The van der Waals surface area contributed by atoms with E-state index in [0.717, 1.165) is 45.4 Å². The average Bonchev–Trinajstić information content (AvgIpc) is 3.94. The maximum Gasteiger partial charge on any atom is 0.346 e. The van der Waals surface area contributed by atoms with Crippen LogP contribution in [0.25, 0.3) is 0 Å². The van der Waals surface area contributed by atoms with Crippen LogP contribution in [0, 0.1) is 41.5 Å². The van der Waals surface area contributed by atoms with Crippen molar-refractivity contribution in [1.82, 2.24) is 0 Å². The van der Waals surface area contributed by atoms with Crippen LogP contribution >= 0.6 is 143 Å². The first-order chi connectivity index (χ1) is 24.3. The van der Waals surface area contributed by atoms with E-state index in [-0.39, 0.29) is 16.8 Å². The minimum atomic E-state index is -0.854. The smallest absolute Gasteiger partial charge is 0.346 e. The summed E-state index contributed by atoms with van der Waals surface area (Å²) in [5.74, 6) is -0.538. The van der Waals surface area contributed by atoms with Gasteiger partial charge in [-0.25, -0.2) is 4.79 Å². The van der Waals surface area contributed by atoms with E-state index in [1.807, 2.05) is 43.0 Å². The molecule has 6 aromatic rings. The van der Waals surface area contributed by atoms with E-state index in [1.54, 1.807) is 48.8 Å². The molecule has 0 saturated heterocycles. The van der Waals surface area contributed by atoms with Gasteiger partial charge in [-0.1, -0.05) is 0 Å². The summed E-state index contributed by atoms with van der Waals surface area (Å²) in [4.78, 5) is 45.4. The lowest BCUT2D eigenvalue weighted by molar-refractivity contribution is 0.0700. The molecule has 0 aliphatic carbocycles. The Labute approximate surface area is 367 Å². The summed E-state index contributed by atoms with van der Waals surface area (Å²) in [6.07, 6.45) is 0. The van der Waals surface area contributed by atoms with Crippen molar-refractivity contribution in [2.75, 3.05) is 0 Å². The molecule has 5 nitrogen and oxygen atoms in total. The molecule has 0 aromatic carbocycles. The van der Waals surface area contributed by atoms with Gasteiger partial charge in [0.2, 0.25) is 0 Å².